The van der Waals surface area contributed by atoms with E-state index in [0.29, 0.717) is 17.0 Å². The summed E-state index contributed by atoms with van der Waals surface area (Å²) in [7, 11) is 1.54. The van der Waals surface area contributed by atoms with Gasteiger partial charge in [0.1, 0.15) is 5.75 Å². The molecule has 0 saturated carbocycles. The number of hydrogen-bond donors (Lipinski definition) is 2. The van der Waals surface area contributed by atoms with E-state index in [9.17, 15) is 4.79 Å². The highest BCUT2D eigenvalue weighted by Crippen LogP contribution is 2.19. The van der Waals surface area contributed by atoms with Gasteiger partial charge in [0.05, 0.1) is 7.11 Å². The lowest BCUT2D eigenvalue weighted by Gasteiger charge is -2.08. The van der Waals surface area contributed by atoms with Crippen LogP contribution in [0.25, 0.3) is 0 Å². The summed E-state index contributed by atoms with van der Waals surface area (Å²) in [6, 6.07) is 12.7. The molecule has 0 atom stereocenters. The SMILES string of the molecule is CCc1ccc(NC(=O)c2cc(N)cc(OC)c2)cc1. The second-order valence-electron chi connectivity index (χ2n) is 4.50. The molecule has 0 saturated heterocycles. The quantitative estimate of drug-likeness (QED) is 0.839. The summed E-state index contributed by atoms with van der Waals surface area (Å²) >= 11 is 0. The molecular weight excluding hydrogens is 252 g/mol. The van der Waals surface area contributed by atoms with Crippen LogP contribution in [0.2, 0.25) is 0 Å². The fourth-order valence-corrected chi connectivity index (χ4v) is 1.90. The van der Waals surface area contributed by atoms with Crippen LogP contribution < -0.4 is 15.8 Å². The number of benzene rings is 2. The molecular formula is C16H18N2O2. The molecule has 20 heavy (non-hydrogen) atoms. The highest BCUT2D eigenvalue weighted by atomic mass is 16.5. The Hall–Kier alpha value is -2.49. The highest BCUT2D eigenvalue weighted by Gasteiger charge is 2.08. The predicted molar refractivity (Wildman–Crippen MR) is 81.2 cm³/mol. The van der Waals surface area contributed by atoms with Gasteiger partial charge in [-0.05, 0) is 36.2 Å². The average molecular weight is 270 g/mol. The molecule has 1 amide bonds. The first-order chi connectivity index (χ1) is 9.62. The summed E-state index contributed by atoms with van der Waals surface area (Å²) in [5.74, 6) is 0.358. The van der Waals surface area contributed by atoms with Gasteiger partial charge in [0, 0.05) is 23.0 Å². The maximum Gasteiger partial charge on any atom is 0.255 e. The minimum absolute atomic E-state index is 0.208. The van der Waals surface area contributed by atoms with Crippen LogP contribution in [-0.4, -0.2) is 13.0 Å². The monoisotopic (exact) mass is 270 g/mol. The minimum atomic E-state index is -0.208. The van der Waals surface area contributed by atoms with Crippen LogP contribution in [0, 0.1) is 0 Å². The third-order valence-corrected chi connectivity index (χ3v) is 3.05. The van der Waals surface area contributed by atoms with Crippen molar-refractivity contribution in [3.63, 3.8) is 0 Å². The molecule has 104 valence electrons. The van der Waals surface area contributed by atoms with Crippen molar-refractivity contribution in [2.75, 3.05) is 18.2 Å². The molecule has 2 aromatic rings. The topological polar surface area (TPSA) is 64.4 Å². The van der Waals surface area contributed by atoms with Crippen molar-refractivity contribution in [2.24, 2.45) is 0 Å². The fourth-order valence-electron chi connectivity index (χ4n) is 1.90. The highest BCUT2D eigenvalue weighted by molar-refractivity contribution is 6.05. The van der Waals surface area contributed by atoms with Crippen molar-refractivity contribution in [3.05, 3.63) is 53.6 Å². The van der Waals surface area contributed by atoms with E-state index in [1.165, 1.54) is 5.56 Å². The number of nitrogens with two attached hydrogens (primary N) is 1. The summed E-state index contributed by atoms with van der Waals surface area (Å²) in [4.78, 5) is 12.2. The molecule has 0 spiro atoms. The van der Waals surface area contributed by atoms with Crippen LogP contribution in [-0.2, 0) is 6.42 Å². The zero-order valence-electron chi connectivity index (χ0n) is 11.6. The number of nitrogens with one attached hydrogen (secondary N) is 1. The van der Waals surface area contributed by atoms with Gasteiger partial charge >= 0.3 is 0 Å². The van der Waals surface area contributed by atoms with E-state index >= 15 is 0 Å². The smallest absolute Gasteiger partial charge is 0.255 e. The van der Waals surface area contributed by atoms with Crippen molar-refractivity contribution in [1.29, 1.82) is 0 Å². The molecule has 0 aliphatic heterocycles. The Kier molecular flexibility index (Phi) is 4.25. The Morgan fingerprint density at radius 1 is 1.20 bits per heavy atom. The summed E-state index contributed by atoms with van der Waals surface area (Å²) in [5, 5.41) is 2.84. The van der Waals surface area contributed by atoms with Crippen molar-refractivity contribution in [2.45, 2.75) is 13.3 Å². The number of aryl methyl sites for hydroxylation is 1. The van der Waals surface area contributed by atoms with Gasteiger partial charge in [0.15, 0.2) is 0 Å². The van der Waals surface area contributed by atoms with Crippen LogP contribution in [0.4, 0.5) is 11.4 Å². The molecule has 0 aromatic heterocycles. The van der Waals surface area contributed by atoms with Crippen LogP contribution in [0.1, 0.15) is 22.8 Å². The third-order valence-electron chi connectivity index (χ3n) is 3.05. The van der Waals surface area contributed by atoms with E-state index in [2.05, 4.69) is 12.2 Å². The summed E-state index contributed by atoms with van der Waals surface area (Å²) in [5.41, 5.74) is 8.70. The Labute approximate surface area is 118 Å². The number of rotatable bonds is 4. The number of nitrogen functional groups attached to an aromatic ring is 1. The van der Waals surface area contributed by atoms with Crippen molar-refractivity contribution >= 4 is 17.3 Å². The zero-order valence-corrected chi connectivity index (χ0v) is 11.6. The maximum absolute atomic E-state index is 12.2. The number of carbonyl (C=O) groups is 1. The Balaban J connectivity index is 2.16. The Morgan fingerprint density at radius 2 is 1.90 bits per heavy atom. The van der Waals surface area contributed by atoms with Crippen LogP contribution in [0.5, 0.6) is 5.75 Å². The number of carbonyl (C=O) groups excluding carboxylic acids is 1. The van der Waals surface area contributed by atoms with E-state index in [0.717, 1.165) is 12.1 Å². The second-order valence-corrected chi connectivity index (χ2v) is 4.50. The lowest BCUT2D eigenvalue weighted by atomic mass is 10.1. The van der Waals surface area contributed by atoms with E-state index in [-0.39, 0.29) is 5.91 Å². The van der Waals surface area contributed by atoms with Crippen molar-refractivity contribution in [3.8, 4) is 5.75 Å². The zero-order chi connectivity index (χ0) is 14.5. The number of methoxy groups -OCH3 is 1. The van der Waals surface area contributed by atoms with Crippen molar-refractivity contribution < 1.29 is 9.53 Å². The third kappa shape index (κ3) is 3.29. The van der Waals surface area contributed by atoms with Gasteiger partial charge in [-0.1, -0.05) is 19.1 Å². The molecule has 0 radical (unpaired) electrons. The number of anilines is 2. The lowest BCUT2D eigenvalue weighted by Crippen LogP contribution is -2.12. The fraction of sp³-hybridized carbons (Fsp3) is 0.188. The Bertz CT molecular complexity index is 606. The van der Waals surface area contributed by atoms with Crippen molar-refractivity contribution in [1.82, 2.24) is 0 Å². The maximum atomic E-state index is 12.2. The second kappa shape index (κ2) is 6.10. The van der Waals surface area contributed by atoms with E-state index in [1.54, 1.807) is 25.3 Å². The molecule has 0 fully saturated rings. The molecule has 0 aliphatic carbocycles. The van der Waals surface area contributed by atoms with Gasteiger partial charge in [0.25, 0.3) is 5.91 Å². The number of amides is 1. The molecule has 3 N–H and O–H groups in total. The van der Waals surface area contributed by atoms with Gasteiger partial charge in [0.2, 0.25) is 0 Å². The van der Waals surface area contributed by atoms with Crippen LogP contribution >= 0.6 is 0 Å². The Morgan fingerprint density at radius 3 is 2.50 bits per heavy atom. The number of hydrogen-bond acceptors (Lipinski definition) is 3. The van der Waals surface area contributed by atoms with Gasteiger partial charge in [-0.3, -0.25) is 4.79 Å². The molecule has 2 aromatic carbocycles. The number of ether oxygens (including phenoxy) is 1. The molecule has 0 unspecified atom stereocenters. The first-order valence-corrected chi connectivity index (χ1v) is 6.47. The first kappa shape index (κ1) is 13.9. The van der Waals surface area contributed by atoms with Gasteiger partial charge in [-0.15, -0.1) is 0 Å². The summed E-state index contributed by atoms with van der Waals surface area (Å²) in [6.45, 7) is 2.09. The molecule has 0 aliphatic rings. The van der Waals surface area contributed by atoms with Gasteiger partial charge in [-0.2, -0.15) is 0 Å². The van der Waals surface area contributed by atoms with Crippen LogP contribution in [0.15, 0.2) is 42.5 Å². The summed E-state index contributed by atoms with van der Waals surface area (Å²) in [6.07, 6.45) is 0.973. The van der Waals surface area contributed by atoms with Gasteiger partial charge in [-0.25, -0.2) is 0 Å². The standard InChI is InChI=1S/C16H18N2O2/c1-3-11-4-6-14(7-5-11)18-16(19)12-8-13(17)10-15(9-12)20-2/h4-10H,3,17H2,1-2H3,(H,18,19). The lowest BCUT2D eigenvalue weighted by molar-refractivity contribution is 0.102. The summed E-state index contributed by atoms with van der Waals surface area (Å²) < 4.78 is 5.11. The van der Waals surface area contributed by atoms with E-state index in [1.807, 2.05) is 24.3 Å². The predicted octanol–water partition coefficient (Wildman–Crippen LogP) is 3.09. The largest absolute Gasteiger partial charge is 0.497 e. The van der Waals surface area contributed by atoms with Gasteiger partial charge < -0.3 is 15.8 Å². The molecule has 0 bridgehead atoms. The van der Waals surface area contributed by atoms with E-state index in [4.69, 9.17) is 10.5 Å². The van der Waals surface area contributed by atoms with E-state index < -0.39 is 0 Å². The van der Waals surface area contributed by atoms with Crippen LogP contribution in [0.3, 0.4) is 0 Å². The minimum Gasteiger partial charge on any atom is -0.497 e. The molecule has 4 nitrogen and oxygen atoms in total. The molecule has 2 rings (SSSR count). The molecule has 4 heteroatoms. The normalized spacial score (nSPS) is 10.1. The average Bonchev–Trinajstić information content (AvgIpc) is 2.47. The molecule has 0 heterocycles. The first-order valence-electron chi connectivity index (χ1n) is 6.47.